The smallest absolute Gasteiger partial charge is 0.252 e. The first-order valence-corrected chi connectivity index (χ1v) is 4.56. The van der Waals surface area contributed by atoms with Crippen LogP contribution in [-0.4, -0.2) is 43.4 Å². The molecule has 0 fully saturated rings. The summed E-state index contributed by atoms with van der Waals surface area (Å²) in [6.07, 6.45) is 1.29. The predicted molar refractivity (Wildman–Crippen MR) is 56.0 cm³/mol. The molecule has 1 aromatic rings. The molecule has 1 atom stereocenters. The lowest BCUT2D eigenvalue weighted by atomic mass is 10.3. The van der Waals surface area contributed by atoms with E-state index >= 15 is 0 Å². The average molecular weight is 213 g/mol. The Hall–Kier alpha value is -1.40. The van der Waals surface area contributed by atoms with E-state index in [1.807, 2.05) is 0 Å². The fourth-order valence-corrected chi connectivity index (χ4v) is 1.08. The molecule has 0 amide bonds. The molecule has 0 aliphatic rings. The van der Waals surface area contributed by atoms with Gasteiger partial charge in [0, 0.05) is 26.8 Å². The van der Waals surface area contributed by atoms with E-state index in [2.05, 4.69) is 15.3 Å². The highest BCUT2D eigenvalue weighted by atomic mass is 16.5. The van der Waals surface area contributed by atoms with Gasteiger partial charge in [-0.2, -0.15) is 0 Å². The Morgan fingerprint density at radius 1 is 1.60 bits per heavy atom. The van der Waals surface area contributed by atoms with Crippen LogP contribution in [0.5, 0.6) is 0 Å². The molecule has 1 rings (SSSR count). The van der Waals surface area contributed by atoms with Gasteiger partial charge in [0.05, 0.1) is 19.0 Å². The number of nitrogens with zero attached hydrogens (tertiary/aromatic N) is 1. The van der Waals surface area contributed by atoms with Crippen LogP contribution in [0.4, 0.5) is 5.82 Å². The molecular formula is C9H15N3O3. The average Bonchev–Trinajstić information content (AvgIpc) is 2.24. The van der Waals surface area contributed by atoms with Crippen LogP contribution >= 0.6 is 0 Å². The van der Waals surface area contributed by atoms with Crippen molar-refractivity contribution in [2.45, 2.75) is 6.10 Å². The fourth-order valence-electron chi connectivity index (χ4n) is 1.08. The van der Waals surface area contributed by atoms with Gasteiger partial charge in [0.2, 0.25) is 0 Å². The van der Waals surface area contributed by atoms with Gasteiger partial charge in [-0.1, -0.05) is 0 Å². The van der Waals surface area contributed by atoms with Gasteiger partial charge in [-0.15, -0.1) is 0 Å². The zero-order chi connectivity index (χ0) is 11.1. The normalized spacial score (nSPS) is 12.4. The van der Waals surface area contributed by atoms with E-state index in [4.69, 9.17) is 9.47 Å². The zero-order valence-electron chi connectivity index (χ0n) is 8.82. The van der Waals surface area contributed by atoms with Crippen molar-refractivity contribution in [1.82, 2.24) is 9.97 Å². The number of anilines is 1. The second-order valence-electron chi connectivity index (χ2n) is 2.99. The molecule has 1 aromatic heterocycles. The van der Waals surface area contributed by atoms with Gasteiger partial charge in [0.15, 0.2) is 0 Å². The largest absolute Gasteiger partial charge is 0.382 e. The van der Waals surface area contributed by atoms with Crippen LogP contribution in [0.25, 0.3) is 0 Å². The third kappa shape index (κ3) is 4.09. The molecule has 0 radical (unpaired) electrons. The summed E-state index contributed by atoms with van der Waals surface area (Å²) in [5.74, 6) is 0.525. The Balaban J connectivity index is 2.45. The van der Waals surface area contributed by atoms with Crippen molar-refractivity contribution in [2.75, 3.05) is 32.7 Å². The third-order valence-corrected chi connectivity index (χ3v) is 1.88. The molecule has 6 heteroatoms. The highest BCUT2D eigenvalue weighted by Crippen LogP contribution is 1.97. The SMILES string of the molecule is COCC(CNc1cc(=O)[nH]cn1)OC. The van der Waals surface area contributed by atoms with E-state index in [0.717, 1.165) is 0 Å². The van der Waals surface area contributed by atoms with Crippen molar-refractivity contribution >= 4 is 5.82 Å². The molecule has 0 aliphatic heterocycles. The van der Waals surface area contributed by atoms with Crippen LogP contribution in [-0.2, 0) is 9.47 Å². The molecule has 1 unspecified atom stereocenters. The molecule has 0 saturated carbocycles. The minimum Gasteiger partial charge on any atom is -0.382 e. The maximum atomic E-state index is 10.9. The number of rotatable bonds is 6. The Morgan fingerprint density at radius 3 is 3.00 bits per heavy atom. The van der Waals surface area contributed by atoms with Crippen molar-refractivity contribution in [3.8, 4) is 0 Å². The van der Waals surface area contributed by atoms with E-state index in [9.17, 15) is 4.79 Å². The van der Waals surface area contributed by atoms with E-state index in [1.165, 1.54) is 12.4 Å². The van der Waals surface area contributed by atoms with E-state index in [1.54, 1.807) is 14.2 Å². The zero-order valence-corrected chi connectivity index (χ0v) is 8.82. The Bertz CT molecular complexity index is 339. The summed E-state index contributed by atoms with van der Waals surface area (Å²) in [4.78, 5) is 17.3. The lowest BCUT2D eigenvalue weighted by Crippen LogP contribution is -2.27. The van der Waals surface area contributed by atoms with E-state index < -0.39 is 0 Å². The van der Waals surface area contributed by atoms with Crippen LogP contribution in [0.15, 0.2) is 17.2 Å². The maximum absolute atomic E-state index is 10.9. The maximum Gasteiger partial charge on any atom is 0.252 e. The standard InChI is InChI=1S/C9H15N3O3/c1-14-5-7(15-2)4-10-8-3-9(13)12-6-11-8/h3,6-7H,4-5H2,1-2H3,(H2,10,11,12,13). The minimum atomic E-state index is -0.187. The number of hydrogen-bond donors (Lipinski definition) is 2. The molecule has 1 heterocycles. The number of aromatic nitrogens is 2. The van der Waals surface area contributed by atoms with E-state index in [0.29, 0.717) is 19.0 Å². The predicted octanol–water partition coefficient (Wildman–Crippen LogP) is -0.157. The van der Waals surface area contributed by atoms with Crippen LogP contribution in [0.2, 0.25) is 0 Å². The molecule has 2 N–H and O–H groups in total. The highest BCUT2D eigenvalue weighted by Gasteiger charge is 2.06. The molecule has 0 saturated heterocycles. The first-order valence-electron chi connectivity index (χ1n) is 4.56. The lowest BCUT2D eigenvalue weighted by Gasteiger charge is -2.14. The summed E-state index contributed by atoms with van der Waals surface area (Å²) in [6, 6.07) is 1.39. The highest BCUT2D eigenvalue weighted by molar-refractivity contribution is 5.31. The van der Waals surface area contributed by atoms with Gasteiger partial charge in [-0.05, 0) is 0 Å². The van der Waals surface area contributed by atoms with Crippen LogP contribution in [0.1, 0.15) is 0 Å². The first kappa shape index (κ1) is 11.7. The molecule has 0 bridgehead atoms. The molecule has 0 aromatic carbocycles. The summed E-state index contributed by atoms with van der Waals surface area (Å²) in [5, 5.41) is 2.99. The van der Waals surface area contributed by atoms with Gasteiger partial charge in [-0.3, -0.25) is 4.79 Å². The van der Waals surface area contributed by atoms with Crippen LogP contribution in [0.3, 0.4) is 0 Å². The molecule has 15 heavy (non-hydrogen) atoms. The van der Waals surface area contributed by atoms with Crippen molar-refractivity contribution in [2.24, 2.45) is 0 Å². The van der Waals surface area contributed by atoms with Gasteiger partial charge in [0.25, 0.3) is 5.56 Å². The van der Waals surface area contributed by atoms with Crippen LogP contribution < -0.4 is 10.9 Å². The number of ether oxygens (including phenoxy) is 2. The fraction of sp³-hybridized carbons (Fsp3) is 0.556. The summed E-state index contributed by atoms with van der Waals surface area (Å²) >= 11 is 0. The molecular weight excluding hydrogens is 198 g/mol. The second kappa shape index (κ2) is 6.15. The van der Waals surface area contributed by atoms with Gasteiger partial charge in [-0.25, -0.2) is 4.98 Å². The monoisotopic (exact) mass is 213 g/mol. The molecule has 0 spiro atoms. The molecule has 84 valence electrons. The molecule has 6 nitrogen and oxygen atoms in total. The van der Waals surface area contributed by atoms with Crippen molar-refractivity contribution < 1.29 is 9.47 Å². The summed E-state index contributed by atoms with van der Waals surface area (Å²) in [5.41, 5.74) is -0.187. The number of nitrogens with one attached hydrogen (secondary N) is 2. The summed E-state index contributed by atoms with van der Waals surface area (Å²) in [6.45, 7) is 1.04. The Morgan fingerprint density at radius 2 is 2.40 bits per heavy atom. The summed E-state index contributed by atoms with van der Waals surface area (Å²) < 4.78 is 10.1. The number of hydrogen-bond acceptors (Lipinski definition) is 5. The quantitative estimate of drug-likeness (QED) is 0.687. The number of methoxy groups -OCH3 is 2. The third-order valence-electron chi connectivity index (χ3n) is 1.88. The van der Waals surface area contributed by atoms with Crippen molar-refractivity contribution in [3.63, 3.8) is 0 Å². The second-order valence-corrected chi connectivity index (χ2v) is 2.99. The first-order chi connectivity index (χ1) is 7.26. The topological polar surface area (TPSA) is 76.2 Å². The minimum absolute atomic E-state index is 0.0592. The van der Waals surface area contributed by atoms with Crippen LogP contribution in [0, 0.1) is 0 Å². The van der Waals surface area contributed by atoms with Gasteiger partial charge < -0.3 is 19.8 Å². The van der Waals surface area contributed by atoms with Crippen molar-refractivity contribution in [1.29, 1.82) is 0 Å². The Kier molecular flexibility index (Phi) is 4.79. The van der Waals surface area contributed by atoms with Gasteiger partial charge >= 0.3 is 0 Å². The van der Waals surface area contributed by atoms with E-state index in [-0.39, 0.29) is 11.7 Å². The van der Waals surface area contributed by atoms with Gasteiger partial charge in [0.1, 0.15) is 5.82 Å². The Labute approximate surface area is 87.6 Å². The number of H-pyrrole nitrogens is 1. The number of aromatic amines is 1. The summed E-state index contributed by atoms with van der Waals surface area (Å²) in [7, 11) is 3.22. The van der Waals surface area contributed by atoms with Crippen molar-refractivity contribution in [3.05, 3.63) is 22.7 Å². The lowest BCUT2D eigenvalue weighted by molar-refractivity contribution is 0.0365. The molecule has 0 aliphatic carbocycles.